The van der Waals surface area contributed by atoms with E-state index in [1.165, 1.54) is 35.6 Å². The van der Waals surface area contributed by atoms with Gasteiger partial charge in [-0.1, -0.05) is 35.9 Å². The molecule has 0 radical (unpaired) electrons. The number of halogens is 3. The number of fused-ring (bicyclic) bond motifs is 1. The molecule has 4 rings (SSSR count). The summed E-state index contributed by atoms with van der Waals surface area (Å²) in [5.74, 6) is 0.0178. The first-order valence-corrected chi connectivity index (χ1v) is 8.80. The molecule has 0 saturated carbocycles. The second-order valence-corrected chi connectivity index (χ2v) is 6.79. The lowest BCUT2D eigenvalue weighted by Crippen LogP contribution is -1.97. The van der Waals surface area contributed by atoms with Crippen LogP contribution < -0.4 is 0 Å². The average molecular weight is 373 g/mol. The molecule has 6 heteroatoms. The summed E-state index contributed by atoms with van der Waals surface area (Å²) in [6.45, 7) is 0. The zero-order valence-electron chi connectivity index (χ0n) is 12.8. The van der Waals surface area contributed by atoms with Crippen molar-refractivity contribution in [2.45, 2.75) is 6.42 Å². The Hall–Kier alpha value is -2.37. The smallest absolute Gasteiger partial charge is 0.142 e. The van der Waals surface area contributed by atoms with Crippen molar-refractivity contribution < 1.29 is 8.78 Å². The molecule has 0 N–H and O–H groups in total. The van der Waals surface area contributed by atoms with E-state index in [1.807, 2.05) is 5.38 Å². The molecule has 124 valence electrons. The zero-order chi connectivity index (χ0) is 17.4. The number of nitrogens with zero attached hydrogens (tertiary/aromatic N) is 2. The zero-order valence-corrected chi connectivity index (χ0v) is 14.4. The van der Waals surface area contributed by atoms with E-state index in [-0.39, 0.29) is 11.6 Å². The fourth-order valence-corrected chi connectivity index (χ4v) is 3.96. The number of hydrogen-bond acceptors (Lipinski definition) is 3. The molecule has 0 aliphatic heterocycles. The molecule has 25 heavy (non-hydrogen) atoms. The van der Waals surface area contributed by atoms with Crippen LogP contribution in [0.4, 0.5) is 8.78 Å². The van der Waals surface area contributed by atoms with Gasteiger partial charge >= 0.3 is 0 Å². The molecule has 2 nitrogen and oxygen atoms in total. The average Bonchev–Trinajstić information content (AvgIpc) is 3.02. The van der Waals surface area contributed by atoms with E-state index in [2.05, 4.69) is 9.97 Å². The molecule has 0 aliphatic rings. The van der Waals surface area contributed by atoms with Crippen LogP contribution in [0.3, 0.4) is 0 Å². The van der Waals surface area contributed by atoms with E-state index in [0.29, 0.717) is 17.4 Å². The number of benzene rings is 2. The Balaban J connectivity index is 1.74. The Morgan fingerprint density at radius 1 is 0.880 bits per heavy atom. The lowest BCUT2D eigenvalue weighted by atomic mass is 10.1. The Labute approximate surface area is 151 Å². The minimum absolute atomic E-state index is 0.277. The largest absolute Gasteiger partial charge is 0.222 e. The Bertz CT molecular complexity index is 1040. The first-order valence-electron chi connectivity index (χ1n) is 7.54. The van der Waals surface area contributed by atoms with Crippen LogP contribution in [-0.2, 0) is 6.42 Å². The molecule has 0 fully saturated rings. The molecule has 2 heterocycles. The SMILES string of the molecule is Fc1ccc(Cc2nc(Cl)c3c(-c4ccc(F)cc4)csc3n2)cc1. The first kappa shape index (κ1) is 16.1. The van der Waals surface area contributed by atoms with Crippen molar-refractivity contribution in [2.75, 3.05) is 0 Å². The fourth-order valence-electron chi connectivity index (χ4n) is 2.65. The number of hydrogen-bond donors (Lipinski definition) is 0. The maximum atomic E-state index is 13.1. The van der Waals surface area contributed by atoms with Crippen molar-refractivity contribution in [2.24, 2.45) is 0 Å². The van der Waals surface area contributed by atoms with Crippen LogP contribution in [0.1, 0.15) is 11.4 Å². The van der Waals surface area contributed by atoms with Gasteiger partial charge in [-0.15, -0.1) is 11.3 Å². The van der Waals surface area contributed by atoms with Gasteiger partial charge < -0.3 is 0 Å². The topological polar surface area (TPSA) is 25.8 Å². The van der Waals surface area contributed by atoms with Crippen LogP contribution in [-0.4, -0.2) is 9.97 Å². The van der Waals surface area contributed by atoms with Gasteiger partial charge in [0, 0.05) is 17.4 Å². The third-order valence-corrected chi connectivity index (χ3v) is 5.01. The normalized spacial score (nSPS) is 11.2. The van der Waals surface area contributed by atoms with Gasteiger partial charge in [0.2, 0.25) is 0 Å². The summed E-state index contributed by atoms with van der Waals surface area (Å²) < 4.78 is 26.1. The quantitative estimate of drug-likeness (QED) is 0.419. The van der Waals surface area contributed by atoms with Crippen molar-refractivity contribution in [3.05, 3.63) is 82.1 Å². The molecule has 2 aromatic carbocycles. The van der Waals surface area contributed by atoms with E-state index >= 15 is 0 Å². The third-order valence-electron chi connectivity index (χ3n) is 3.87. The molecule has 0 unspecified atom stereocenters. The fraction of sp³-hybridized carbons (Fsp3) is 0.0526. The molecule has 0 saturated heterocycles. The summed E-state index contributed by atoms with van der Waals surface area (Å²) in [5.41, 5.74) is 2.66. The molecule has 0 spiro atoms. The van der Waals surface area contributed by atoms with Crippen LogP contribution in [0.15, 0.2) is 53.9 Å². The second-order valence-electron chi connectivity index (χ2n) is 5.57. The van der Waals surface area contributed by atoms with E-state index in [1.54, 1.807) is 24.3 Å². The van der Waals surface area contributed by atoms with Crippen molar-refractivity contribution in [3.63, 3.8) is 0 Å². The molecule has 0 aliphatic carbocycles. The number of rotatable bonds is 3. The molecule has 4 aromatic rings. The minimum Gasteiger partial charge on any atom is -0.222 e. The van der Waals surface area contributed by atoms with Gasteiger partial charge in [-0.3, -0.25) is 0 Å². The third kappa shape index (κ3) is 3.25. The van der Waals surface area contributed by atoms with Crippen LogP contribution in [0, 0.1) is 11.6 Å². The second kappa shape index (κ2) is 6.50. The maximum absolute atomic E-state index is 13.1. The van der Waals surface area contributed by atoms with E-state index < -0.39 is 0 Å². The monoisotopic (exact) mass is 372 g/mol. The molecule has 0 atom stereocenters. The highest BCUT2D eigenvalue weighted by Crippen LogP contribution is 2.36. The molecular formula is C19H11ClF2N2S. The van der Waals surface area contributed by atoms with Gasteiger partial charge in [-0.25, -0.2) is 18.7 Å². The van der Waals surface area contributed by atoms with E-state index in [9.17, 15) is 8.78 Å². The van der Waals surface area contributed by atoms with E-state index in [4.69, 9.17) is 11.6 Å². The summed E-state index contributed by atoms with van der Waals surface area (Å²) in [5, 5.41) is 3.07. The standard InChI is InChI=1S/C19H11ClF2N2S/c20-18-17-15(12-3-7-14(22)8-4-12)10-25-19(17)24-16(23-18)9-11-1-5-13(21)6-2-11/h1-8,10H,9H2. The molecule has 2 aromatic heterocycles. The van der Waals surface area contributed by atoms with Gasteiger partial charge in [-0.2, -0.15) is 0 Å². The van der Waals surface area contributed by atoms with Crippen molar-refractivity contribution in [1.29, 1.82) is 0 Å². The maximum Gasteiger partial charge on any atom is 0.142 e. The lowest BCUT2D eigenvalue weighted by molar-refractivity contribution is 0.627. The summed E-state index contributed by atoms with van der Waals surface area (Å²) in [6, 6.07) is 12.5. The van der Waals surface area contributed by atoms with Crippen LogP contribution >= 0.6 is 22.9 Å². The Kier molecular flexibility index (Phi) is 4.19. The molecule has 0 amide bonds. The Morgan fingerprint density at radius 2 is 1.52 bits per heavy atom. The summed E-state index contributed by atoms with van der Waals surface area (Å²) in [7, 11) is 0. The van der Waals surface area contributed by atoms with Crippen LogP contribution in [0.25, 0.3) is 21.3 Å². The predicted molar refractivity (Wildman–Crippen MR) is 97.0 cm³/mol. The van der Waals surface area contributed by atoms with Gasteiger partial charge in [0.05, 0.1) is 5.39 Å². The highest BCUT2D eigenvalue weighted by Gasteiger charge is 2.14. The Morgan fingerprint density at radius 3 is 2.20 bits per heavy atom. The number of aromatic nitrogens is 2. The van der Waals surface area contributed by atoms with Crippen molar-refractivity contribution in [3.8, 4) is 11.1 Å². The minimum atomic E-state index is -0.285. The summed E-state index contributed by atoms with van der Waals surface area (Å²) in [6.07, 6.45) is 0.472. The summed E-state index contributed by atoms with van der Waals surface area (Å²) in [4.78, 5) is 9.74. The molecular weight excluding hydrogens is 362 g/mol. The van der Waals surface area contributed by atoms with Crippen molar-refractivity contribution >= 4 is 33.2 Å². The molecule has 0 bridgehead atoms. The van der Waals surface area contributed by atoms with Gasteiger partial charge in [-0.05, 0) is 35.4 Å². The van der Waals surface area contributed by atoms with Gasteiger partial charge in [0.1, 0.15) is 27.4 Å². The lowest BCUT2D eigenvalue weighted by Gasteiger charge is -2.04. The van der Waals surface area contributed by atoms with Crippen LogP contribution in [0.2, 0.25) is 5.15 Å². The predicted octanol–water partition coefficient (Wildman–Crippen LogP) is 5.88. The highest BCUT2D eigenvalue weighted by atomic mass is 35.5. The first-order chi connectivity index (χ1) is 12.1. The van der Waals surface area contributed by atoms with Crippen LogP contribution in [0.5, 0.6) is 0 Å². The number of thiophene rings is 1. The van der Waals surface area contributed by atoms with E-state index in [0.717, 1.165) is 26.9 Å². The summed E-state index contributed by atoms with van der Waals surface area (Å²) >= 11 is 7.87. The van der Waals surface area contributed by atoms with Crippen molar-refractivity contribution in [1.82, 2.24) is 9.97 Å². The van der Waals surface area contributed by atoms with Gasteiger partial charge in [0.25, 0.3) is 0 Å². The van der Waals surface area contributed by atoms with Gasteiger partial charge in [0.15, 0.2) is 0 Å². The highest BCUT2D eigenvalue weighted by molar-refractivity contribution is 7.17.